The number of nitrogens with zero attached hydrogens (tertiary/aromatic N) is 3. The second-order valence-corrected chi connectivity index (χ2v) is 8.92. The van der Waals surface area contributed by atoms with Gasteiger partial charge in [0.2, 0.25) is 5.78 Å². The summed E-state index contributed by atoms with van der Waals surface area (Å²) in [4.78, 5) is 4.96. The first-order chi connectivity index (χ1) is 12.9. The molecular formula is C23H20BrN3. The zero-order chi connectivity index (χ0) is 18.8. The third-order valence-electron chi connectivity index (χ3n) is 5.11. The van der Waals surface area contributed by atoms with Crippen molar-refractivity contribution in [3.63, 3.8) is 0 Å². The van der Waals surface area contributed by atoms with E-state index in [0.717, 1.165) is 32.5 Å². The first-order valence-corrected chi connectivity index (χ1v) is 9.91. The molecule has 0 saturated carbocycles. The minimum Gasteiger partial charge on any atom is -0.278 e. The van der Waals surface area contributed by atoms with Crippen molar-refractivity contribution in [3.8, 4) is 5.69 Å². The van der Waals surface area contributed by atoms with Gasteiger partial charge in [0.15, 0.2) is 0 Å². The lowest BCUT2D eigenvalue weighted by atomic mass is 9.87. The van der Waals surface area contributed by atoms with Gasteiger partial charge in [0.1, 0.15) is 0 Å². The number of rotatable bonds is 1. The Bertz CT molecular complexity index is 1320. The molecule has 5 rings (SSSR count). The number of fused-ring (bicyclic) bond motifs is 5. The van der Waals surface area contributed by atoms with Gasteiger partial charge in [-0.2, -0.15) is 0 Å². The third-order valence-corrected chi connectivity index (χ3v) is 5.57. The van der Waals surface area contributed by atoms with Crippen molar-refractivity contribution >= 4 is 43.8 Å². The molecule has 0 bridgehead atoms. The second-order valence-electron chi connectivity index (χ2n) is 8.01. The topological polar surface area (TPSA) is 22.2 Å². The van der Waals surface area contributed by atoms with E-state index in [2.05, 4.69) is 106 Å². The first-order valence-electron chi connectivity index (χ1n) is 9.11. The lowest BCUT2D eigenvalue weighted by Crippen LogP contribution is -2.12. The van der Waals surface area contributed by atoms with Gasteiger partial charge in [-0.15, -0.1) is 0 Å². The van der Waals surface area contributed by atoms with E-state index in [1.54, 1.807) is 0 Å². The SMILES string of the molecule is CC(C)(C)c1cc(Br)cc(-n2c3ccccc3n3c4ccccc4nc23)c1. The van der Waals surface area contributed by atoms with Crippen molar-refractivity contribution in [2.75, 3.05) is 0 Å². The predicted molar refractivity (Wildman–Crippen MR) is 116 cm³/mol. The highest BCUT2D eigenvalue weighted by Crippen LogP contribution is 2.33. The van der Waals surface area contributed by atoms with E-state index < -0.39 is 0 Å². The van der Waals surface area contributed by atoms with E-state index in [4.69, 9.17) is 4.98 Å². The highest BCUT2D eigenvalue weighted by Gasteiger charge is 2.20. The van der Waals surface area contributed by atoms with Gasteiger partial charge in [0.05, 0.1) is 27.8 Å². The number of aromatic nitrogens is 3. The zero-order valence-corrected chi connectivity index (χ0v) is 17.2. The molecule has 0 radical (unpaired) electrons. The molecule has 0 amide bonds. The third kappa shape index (κ3) is 2.51. The fraction of sp³-hybridized carbons (Fsp3) is 0.174. The summed E-state index contributed by atoms with van der Waals surface area (Å²) >= 11 is 3.71. The Kier molecular flexibility index (Phi) is 3.50. The highest BCUT2D eigenvalue weighted by molar-refractivity contribution is 9.10. The zero-order valence-electron chi connectivity index (χ0n) is 15.6. The molecule has 27 heavy (non-hydrogen) atoms. The molecule has 0 unspecified atom stereocenters. The average Bonchev–Trinajstić information content (AvgIpc) is 3.14. The van der Waals surface area contributed by atoms with Crippen LogP contribution in [0, 0.1) is 0 Å². The number of benzene rings is 3. The van der Waals surface area contributed by atoms with E-state index >= 15 is 0 Å². The van der Waals surface area contributed by atoms with Crippen LogP contribution in [0.1, 0.15) is 26.3 Å². The maximum Gasteiger partial charge on any atom is 0.220 e. The van der Waals surface area contributed by atoms with Crippen LogP contribution in [0.25, 0.3) is 33.5 Å². The molecule has 4 heteroatoms. The Labute approximate surface area is 166 Å². The van der Waals surface area contributed by atoms with E-state index in [9.17, 15) is 0 Å². The number of para-hydroxylation sites is 4. The Balaban J connectivity index is 1.94. The van der Waals surface area contributed by atoms with Gasteiger partial charge in [-0.05, 0) is 53.4 Å². The maximum atomic E-state index is 4.96. The molecule has 0 aliphatic carbocycles. The van der Waals surface area contributed by atoms with Gasteiger partial charge in [-0.1, -0.05) is 61.0 Å². The summed E-state index contributed by atoms with van der Waals surface area (Å²) in [5.74, 6) is 0.940. The smallest absolute Gasteiger partial charge is 0.220 e. The molecule has 2 aromatic heterocycles. The molecule has 134 valence electrons. The van der Waals surface area contributed by atoms with Crippen molar-refractivity contribution < 1.29 is 0 Å². The molecule has 5 aromatic rings. The fourth-order valence-corrected chi connectivity index (χ4v) is 4.22. The van der Waals surface area contributed by atoms with Gasteiger partial charge in [0, 0.05) is 4.47 Å². The number of halogens is 1. The van der Waals surface area contributed by atoms with Crippen LogP contribution in [-0.4, -0.2) is 14.0 Å². The van der Waals surface area contributed by atoms with Crippen LogP contribution in [0.4, 0.5) is 0 Å². The van der Waals surface area contributed by atoms with Gasteiger partial charge in [0.25, 0.3) is 0 Å². The summed E-state index contributed by atoms with van der Waals surface area (Å²) in [6, 6.07) is 23.5. The number of hydrogen-bond acceptors (Lipinski definition) is 1. The lowest BCUT2D eigenvalue weighted by molar-refractivity contribution is 0.589. The summed E-state index contributed by atoms with van der Waals surface area (Å²) in [7, 11) is 0. The Morgan fingerprint density at radius 2 is 1.48 bits per heavy atom. The minimum atomic E-state index is 0.0674. The lowest BCUT2D eigenvalue weighted by Gasteiger charge is -2.21. The predicted octanol–water partition coefficient (Wildman–Crippen LogP) is 6.49. The first kappa shape index (κ1) is 16.6. The molecule has 0 fully saturated rings. The highest BCUT2D eigenvalue weighted by atomic mass is 79.9. The summed E-state index contributed by atoms with van der Waals surface area (Å²) in [6.07, 6.45) is 0. The molecule has 0 saturated heterocycles. The minimum absolute atomic E-state index is 0.0674. The monoisotopic (exact) mass is 417 g/mol. The van der Waals surface area contributed by atoms with E-state index in [-0.39, 0.29) is 5.41 Å². The van der Waals surface area contributed by atoms with E-state index in [1.165, 1.54) is 11.1 Å². The molecule has 0 atom stereocenters. The second kappa shape index (κ2) is 5.70. The quantitative estimate of drug-likeness (QED) is 0.305. The average molecular weight is 418 g/mol. The normalized spacial score (nSPS) is 12.4. The van der Waals surface area contributed by atoms with E-state index in [1.807, 2.05) is 6.07 Å². The van der Waals surface area contributed by atoms with Crippen LogP contribution in [0.2, 0.25) is 0 Å². The van der Waals surface area contributed by atoms with Gasteiger partial charge in [-0.3, -0.25) is 8.97 Å². The molecule has 0 aliphatic rings. The Morgan fingerprint density at radius 1 is 0.815 bits per heavy atom. The van der Waals surface area contributed by atoms with Crippen molar-refractivity contribution in [2.24, 2.45) is 0 Å². The summed E-state index contributed by atoms with van der Waals surface area (Å²) in [5, 5.41) is 0. The molecular weight excluding hydrogens is 398 g/mol. The summed E-state index contributed by atoms with van der Waals surface area (Å²) in [6.45, 7) is 6.73. The van der Waals surface area contributed by atoms with Crippen LogP contribution in [0.3, 0.4) is 0 Å². The maximum absolute atomic E-state index is 4.96. The van der Waals surface area contributed by atoms with E-state index in [0.29, 0.717) is 0 Å². The Hall–Kier alpha value is -2.59. The molecule has 2 heterocycles. The molecule has 3 nitrogen and oxygen atoms in total. The fourth-order valence-electron chi connectivity index (χ4n) is 3.74. The molecule has 3 aromatic carbocycles. The van der Waals surface area contributed by atoms with Crippen molar-refractivity contribution in [2.45, 2.75) is 26.2 Å². The van der Waals surface area contributed by atoms with Crippen LogP contribution in [0.15, 0.2) is 71.2 Å². The Morgan fingerprint density at radius 3 is 2.22 bits per heavy atom. The number of hydrogen-bond donors (Lipinski definition) is 0. The van der Waals surface area contributed by atoms with Crippen LogP contribution < -0.4 is 0 Å². The molecule has 0 N–H and O–H groups in total. The number of imidazole rings is 2. The summed E-state index contributed by atoms with van der Waals surface area (Å²) in [5.41, 5.74) is 6.95. The van der Waals surface area contributed by atoms with Crippen molar-refractivity contribution in [1.29, 1.82) is 0 Å². The van der Waals surface area contributed by atoms with Gasteiger partial charge in [-0.25, -0.2) is 4.98 Å². The van der Waals surface area contributed by atoms with Crippen molar-refractivity contribution in [3.05, 3.63) is 76.8 Å². The standard InChI is InChI=1S/C23H20BrN3/c1-23(2,3)15-12-16(24)14-17(13-15)26-20-10-6-7-11-21(20)27-19-9-5-4-8-18(19)25-22(26)27/h4-14H,1-3H3. The van der Waals surface area contributed by atoms with Gasteiger partial charge < -0.3 is 0 Å². The van der Waals surface area contributed by atoms with Crippen LogP contribution >= 0.6 is 15.9 Å². The van der Waals surface area contributed by atoms with Crippen LogP contribution in [-0.2, 0) is 5.41 Å². The van der Waals surface area contributed by atoms with Crippen molar-refractivity contribution in [1.82, 2.24) is 14.0 Å². The largest absolute Gasteiger partial charge is 0.278 e. The van der Waals surface area contributed by atoms with Gasteiger partial charge >= 0.3 is 0 Å². The molecule has 0 aliphatic heterocycles. The molecule has 0 spiro atoms. The summed E-state index contributed by atoms with van der Waals surface area (Å²) < 4.78 is 5.59. The van der Waals surface area contributed by atoms with Crippen LogP contribution in [0.5, 0.6) is 0 Å².